The van der Waals surface area contributed by atoms with Crippen molar-refractivity contribution in [2.75, 3.05) is 19.8 Å². The van der Waals surface area contributed by atoms with Gasteiger partial charge in [0.2, 0.25) is 5.91 Å². The molecule has 0 aliphatic heterocycles. The van der Waals surface area contributed by atoms with E-state index in [2.05, 4.69) is 19.2 Å². The van der Waals surface area contributed by atoms with Crippen molar-refractivity contribution in [3.8, 4) is 0 Å². The molecule has 0 spiro atoms. The first-order chi connectivity index (χ1) is 8.62. The molecule has 1 saturated carbocycles. The molecule has 4 nitrogen and oxygen atoms in total. The summed E-state index contributed by atoms with van der Waals surface area (Å²) >= 11 is 0. The lowest BCUT2D eigenvalue weighted by Crippen LogP contribution is -2.55. The molecular weight excluding hydrogens is 228 g/mol. The standard InChI is InChI=1S/C14H28N2O2/c1-3-9-18-10-6-13(17)16-14(11-15)7-4-12(2)5-8-14/h12H,3-11,15H2,1-2H3,(H,16,17). The number of nitrogens with one attached hydrogen (secondary N) is 1. The first-order valence-corrected chi connectivity index (χ1v) is 7.20. The van der Waals surface area contributed by atoms with E-state index < -0.39 is 0 Å². The highest BCUT2D eigenvalue weighted by molar-refractivity contribution is 5.77. The van der Waals surface area contributed by atoms with Crippen LogP contribution in [0, 0.1) is 5.92 Å². The summed E-state index contributed by atoms with van der Waals surface area (Å²) in [5.74, 6) is 0.834. The second-order valence-corrected chi connectivity index (χ2v) is 5.58. The molecule has 1 amide bonds. The molecule has 0 atom stereocenters. The van der Waals surface area contributed by atoms with Gasteiger partial charge in [-0.2, -0.15) is 0 Å². The molecule has 0 heterocycles. The zero-order chi connectivity index (χ0) is 13.4. The minimum atomic E-state index is -0.158. The first kappa shape index (κ1) is 15.4. The fourth-order valence-electron chi connectivity index (χ4n) is 2.46. The predicted molar refractivity (Wildman–Crippen MR) is 73.3 cm³/mol. The van der Waals surface area contributed by atoms with E-state index in [9.17, 15) is 4.79 Å². The lowest BCUT2D eigenvalue weighted by Gasteiger charge is -2.39. The van der Waals surface area contributed by atoms with Gasteiger partial charge < -0.3 is 15.8 Å². The average molecular weight is 256 g/mol. The summed E-state index contributed by atoms with van der Waals surface area (Å²) in [6.07, 6.45) is 5.76. The maximum atomic E-state index is 11.9. The molecular formula is C14H28N2O2. The molecule has 4 heteroatoms. The van der Waals surface area contributed by atoms with Gasteiger partial charge in [-0.25, -0.2) is 0 Å². The summed E-state index contributed by atoms with van der Waals surface area (Å²) in [5.41, 5.74) is 5.70. The van der Waals surface area contributed by atoms with E-state index in [0.29, 0.717) is 19.6 Å². The molecule has 0 aromatic heterocycles. The maximum absolute atomic E-state index is 11.9. The van der Waals surface area contributed by atoms with E-state index in [1.165, 1.54) is 0 Å². The molecule has 3 N–H and O–H groups in total. The van der Waals surface area contributed by atoms with Crippen LogP contribution in [0.5, 0.6) is 0 Å². The third-order valence-electron chi connectivity index (χ3n) is 3.85. The van der Waals surface area contributed by atoms with Gasteiger partial charge in [0, 0.05) is 19.6 Å². The van der Waals surface area contributed by atoms with Crippen LogP contribution < -0.4 is 11.1 Å². The molecule has 18 heavy (non-hydrogen) atoms. The van der Waals surface area contributed by atoms with Gasteiger partial charge in [0.05, 0.1) is 12.1 Å². The average Bonchev–Trinajstić information content (AvgIpc) is 2.38. The Labute approximate surface area is 111 Å². The number of hydrogen-bond acceptors (Lipinski definition) is 3. The van der Waals surface area contributed by atoms with Gasteiger partial charge in [0.25, 0.3) is 0 Å². The molecule has 0 radical (unpaired) electrons. The largest absolute Gasteiger partial charge is 0.381 e. The van der Waals surface area contributed by atoms with Crippen molar-refractivity contribution in [1.29, 1.82) is 0 Å². The molecule has 0 aromatic rings. The van der Waals surface area contributed by atoms with Gasteiger partial charge in [-0.05, 0) is 38.0 Å². The summed E-state index contributed by atoms with van der Waals surface area (Å²) in [6.45, 7) is 6.11. The van der Waals surface area contributed by atoms with Gasteiger partial charge in [-0.15, -0.1) is 0 Å². The van der Waals surface area contributed by atoms with Crippen molar-refractivity contribution in [1.82, 2.24) is 5.32 Å². The van der Waals surface area contributed by atoms with Gasteiger partial charge >= 0.3 is 0 Å². The van der Waals surface area contributed by atoms with Crippen molar-refractivity contribution in [2.24, 2.45) is 11.7 Å². The Kier molecular flexibility index (Phi) is 6.65. The smallest absolute Gasteiger partial charge is 0.222 e. The Morgan fingerprint density at radius 2 is 2.06 bits per heavy atom. The second kappa shape index (κ2) is 7.74. The normalized spacial score (nSPS) is 28.1. The van der Waals surface area contributed by atoms with Crippen LogP contribution in [0.2, 0.25) is 0 Å². The van der Waals surface area contributed by atoms with Gasteiger partial charge in [-0.3, -0.25) is 4.79 Å². The first-order valence-electron chi connectivity index (χ1n) is 7.20. The monoisotopic (exact) mass is 256 g/mol. The van der Waals surface area contributed by atoms with E-state index in [4.69, 9.17) is 10.5 Å². The maximum Gasteiger partial charge on any atom is 0.222 e. The van der Waals surface area contributed by atoms with Crippen LogP contribution in [0.1, 0.15) is 52.4 Å². The topological polar surface area (TPSA) is 64.3 Å². The highest BCUT2D eigenvalue weighted by Gasteiger charge is 2.33. The third-order valence-corrected chi connectivity index (χ3v) is 3.85. The molecule has 1 aliphatic carbocycles. The summed E-state index contributed by atoms with van der Waals surface area (Å²) in [7, 11) is 0. The van der Waals surface area contributed by atoms with Gasteiger partial charge in [0.15, 0.2) is 0 Å². The highest BCUT2D eigenvalue weighted by Crippen LogP contribution is 2.31. The minimum absolute atomic E-state index is 0.0751. The van der Waals surface area contributed by atoms with Crippen molar-refractivity contribution < 1.29 is 9.53 Å². The number of amides is 1. The zero-order valence-corrected chi connectivity index (χ0v) is 11.8. The van der Waals surface area contributed by atoms with E-state index in [0.717, 1.165) is 44.6 Å². The van der Waals surface area contributed by atoms with Crippen LogP contribution in [0.25, 0.3) is 0 Å². The van der Waals surface area contributed by atoms with Crippen LogP contribution in [0.15, 0.2) is 0 Å². The lowest BCUT2D eigenvalue weighted by molar-refractivity contribution is -0.124. The van der Waals surface area contributed by atoms with E-state index in [-0.39, 0.29) is 11.4 Å². The Balaban J connectivity index is 2.31. The van der Waals surface area contributed by atoms with Crippen molar-refractivity contribution in [3.05, 3.63) is 0 Å². The molecule has 1 aliphatic rings. The van der Waals surface area contributed by atoms with Crippen LogP contribution in [0.3, 0.4) is 0 Å². The summed E-state index contributed by atoms with van der Waals surface area (Å²) in [6, 6.07) is 0. The van der Waals surface area contributed by atoms with Gasteiger partial charge in [-0.1, -0.05) is 13.8 Å². The van der Waals surface area contributed by atoms with E-state index in [1.54, 1.807) is 0 Å². The molecule has 0 saturated heterocycles. The van der Waals surface area contributed by atoms with Crippen LogP contribution in [-0.4, -0.2) is 31.2 Å². The third kappa shape index (κ3) is 4.94. The minimum Gasteiger partial charge on any atom is -0.381 e. The molecule has 1 fully saturated rings. The summed E-state index contributed by atoms with van der Waals surface area (Å²) < 4.78 is 5.33. The highest BCUT2D eigenvalue weighted by atomic mass is 16.5. The van der Waals surface area contributed by atoms with Crippen LogP contribution >= 0.6 is 0 Å². The fourth-order valence-corrected chi connectivity index (χ4v) is 2.46. The molecule has 0 aromatic carbocycles. The lowest BCUT2D eigenvalue weighted by atomic mass is 9.77. The molecule has 0 bridgehead atoms. The van der Waals surface area contributed by atoms with Crippen molar-refractivity contribution in [2.45, 2.75) is 57.9 Å². The van der Waals surface area contributed by atoms with Gasteiger partial charge in [0.1, 0.15) is 0 Å². The Morgan fingerprint density at radius 1 is 1.39 bits per heavy atom. The summed E-state index contributed by atoms with van der Waals surface area (Å²) in [4.78, 5) is 11.9. The second-order valence-electron chi connectivity index (χ2n) is 5.58. The Hall–Kier alpha value is -0.610. The Bertz CT molecular complexity index is 248. The SMILES string of the molecule is CCCOCCC(=O)NC1(CN)CCC(C)CC1. The number of carbonyl (C=O) groups is 1. The quantitative estimate of drug-likeness (QED) is 0.683. The van der Waals surface area contributed by atoms with Crippen molar-refractivity contribution in [3.63, 3.8) is 0 Å². The Morgan fingerprint density at radius 3 is 2.61 bits per heavy atom. The van der Waals surface area contributed by atoms with Crippen LogP contribution in [-0.2, 0) is 9.53 Å². The predicted octanol–water partition coefficient (Wildman–Crippen LogP) is 1.83. The van der Waals surface area contributed by atoms with E-state index in [1.807, 2.05) is 0 Å². The number of nitrogens with two attached hydrogens (primary N) is 1. The fraction of sp³-hybridized carbons (Fsp3) is 0.929. The summed E-state index contributed by atoms with van der Waals surface area (Å²) in [5, 5.41) is 3.14. The number of hydrogen-bond donors (Lipinski definition) is 2. The zero-order valence-electron chi connectivity index (χ0n) is 11.8. The van der Waals surface area contributed by atoms with E-state index >= 15 is 0 Å². The van der Waals surface area contributed by atoms with Crippen LogP contribution in [0.4, 0.5) is 0 Å². The number of rotatable bonds is 7. The van der Waals surface area contributed by atoms with Crippen molar-refractivity contribution >= 4 is 5.91 Å². The molecule has 1 rings (SSSR count). The molecule has 0 unspecified atom stereocenters. The number of ether oxygens (including phenoxy) is 1. The molecule has 106 valence electrons. The number of carbonyl (C=O) groups excluding carboxylic acids is 1.